The number of thioether (sulfide) groups is 1. The summed E-state index contributed by atoms with van der Waals surface area (Å²) in [6, 6.07) is 10.8. The Labute approximate surface area is 185 Å². The highest BCUT2D eigenvalue weighted by Crippen LogP contribution is 2.36. The lowest BCUT2D eigenvalue weighted by Gasteiger charge is -2.25. The maximum Gasteiger partial charge on any atom is 0.251 e. The highest BCUT2D eigenvalue weighted by atomic mass is 32.2. The zero-order valence-corrected chi connectivity index (χ0v) is 18.0. The number of nitrogens with one attached hydrogen (secondary N) is 1. The zero-order valence-electron chi connectivity index (χ0n) is 17.2. The molecule has 3 N–H and O–H groups in total. The normalized spacial score (nSPS) is 19.6. The molecule has 1 atom stereocenters. The van der Waals surface area contributed by atoms with Crippen LogP contribution in [0.1, 0.15) is 28.8 Å². The number of ether oxygens (including phenoxy) is 1. The molecule has 2 amide bonds. The number of benzene rings is 2. The molecule has 31 heavy (non-hydrogen) atoms. The summed E-state index contributed by atoms with van der Waals surface area (Å²) in [5.74, 6) is 0.171. The minimum atomic E-state index is -0.649. The predicted molar refractivity (Wildman–Crippen MR) is 119 cm³/mol. The highest BCUT2D eigenvalue weighted by molar-refractivity contribution is 7.99. The van der Waals surface area contributed by atoms with Gasteiger partial charge in [-0.05, 0) is 54.7 Å². The Morgan fingerprint density at radius 2 is 1.94 bits per heavy atom. The molecule has 1 saturated heterocycles. The molecule has 2 aliphatic rings. The summed E-state index contributed by atoms with van der Waals surface area (Å²) in [5.41, 5.74) is 8.04. The first-order chi connectivity index (χ1) is 15.0. The Kier molecular flexibility index (Phi) is 6.89. The highest BCUT2D eigenvalue weighted by Gasteiger charge is 2.29. The van der Waals surface area contributed by atoms with E-state index < -0.39 is 6.04 Å². The quantitative estimate of drug-likeness (QED) is 0.742. The molecule has 164 valence electrons. The number of fused-ring (bicyclic) bond motifs is 1. The van der Waals surface area contributed by atoms with Crippen molar-refractivity contribution in [3.63, 3.8) is 0 Å². The summed E-state index contributed by atoms with van der Waals surface area (Å²) in [4.78, 5) is 28.3. The van der Waals surface area contributed by atoms with E-state index in [9.17, 15) is 14.0 Å². The third-order valence-corrected chi connectivity index (χ3v) is 6.84. The van der Waals surface area contributed by atoms with Gasteiger partial charge in [0, 0.05) is 36.0 Å². The second-order valence-electron chi connectivity index (χ2n) is 7.92. The summed E-state index contributed by atoms with van der Waals surface area (Å²) in [7, 11) is 0. The van der Waals surface area contributed by atoms with Crippen molar-refractivity contribution in [2.75, 3.05) is 30.4 Å². The number of carbonyl (C=O) groups excluding carboxylic acids is 2. The maximum atomic E-state index is 13.3. The van der Waals surface area contributed by atoms with Crippen LogP contribution in [0.15, 0.2) is 47.4 Å². The van der Waals surface area contributed by atoms with E-state index in [4.69, 9.17) is 10.5 Å². The molecule has 0 unspecified atom stereocenters. The first-order valence-electron chi connectivity index (χ1n) is 10.5. The van der Waals surface area contributed by atoms with Crippen LogP contribution in [0.3, 0.4) is 0 Å². The first kappa shape index (κ1) is 21.8. The second kappa shape index (κ2) is 9.80. The van der Waals surface area contributed by atoms with Crippen LogP contribution < -0.4 is 16.0 Å². The molecule has 8 heteroatoms. The second-order valence-corrected chi connectivity index (χ2v) is 8.98. The van der Waals surface area contributed by atoms with E-state index >= 15 is 0 Å². The summed E-state index contributed by atoms with van der Waals surface area (Å²) in [6.45, 7) is 2.33. The van der Waals surface area contributed by atoms with Gasteiger partial charge in [0.05, 0.1) is 18.3 Å². The SMILES string of the molecule is N[C@H]1CSc2ccc(C(=O)NCC3CCOCC3)cc2N(Cc2ccc(F)cc2)C1=O. The molecule has 2 aliphatic heterocycles. The van der Waals surface area contributed by atoms with E-state index in [-0.39, 0.29) is 24.2 Å². The van der Waals surface area contributed by atoms with Gasteiger partial charge in [0.2, 0.25) is 5.91 Å². The molecule has 0 aliphatic carbocycles. The lowest BCUT2D eigenvalue weighted by molar-refractivity contribution is -0.119. The number of anilines is 1. The number of halogens is 1. The number of hydrogen-bond donors (Lipinski definition) is 2. The van der Waals surface area contributed by atoms with Crippen molar-refractivity contribution in [1.29, 1.82) is 0 Å². The van der Waals surface area contributed by atoms with Crippen molar-refractivity contribution >= 4 is 29.3 Å². The largest absolute Gasteiger partial charge is 0.381 e. The van der Waals surface area contributed by atoms with Crippen molar-refractivity contribution in [3.8, 4) is 0 Å². The molecule has 0 saturated carbocycles. The van der Waals surface area contributed by atoms with Gasteiger partial charge in [0.25, 0.3) is 5.91 Å². The molecule has 0 aromatic heterocycles. The van der Waals surface area contributed by atoms with Crippen LogP contribution in [0, 0.1) is 11.7 Å². The number of nitrogens with two attached hydrogens (primary N) is 1. The van der Waals surface area contributed by atoms with Gasteiger partial charge >= 0.3 is 0 Å². The Morgan fingerprint density at radius 1 is 1.19 bits per heavy atom. The van der Waals surface area contributed by atoms with Crippen LogP contribution >= 0.6 is 11.8 Å². The molecular weight excluding hydrogens is 417 g/mol. The summed E-state index contributed by atoms with van der Waals surface area (Å²) >= 11 is 1.50. The van der Waals surface area contributed by atoms with Gasteiger partial charge in [-0.1, -0.05) is 12.1 Å². The van der Waals surface area contributed by atoms with E-state index in [2.05, 4.69) is 5.32 Å². The summed E-state index contributed by atoms with van der Waals surface area (Å²) < 4.78 is 18.7. The molecule has 4 rings (SSSR count). The van der Waals surface area contributed by atoms with Crippen molar-refractivity contribution in [2.24, 2.45) is 11.7 Å². The van der Waals surface area contributed by atoms with Crippen molar-refractivity contribution in [3.05, 3.63) is 59.4 Å². The van der Waals surface area contributed by atoms with E-state index in [1.54, 1.807) is 29.2 Å². The third-order valence-electron chi connectivity index (χ3n) is 5.66. The monoisotopic (exact) mass is 443 g/mol. The Hall–Kier alpha value is -2.42. The lowest BCUT2D eigenvalue weighted by atomic mass is 10.0. The summed E-state index contributed by atoms with van der Waals surface area (Å²) in [6.07, 6.45) is 1.89. The maximum absolute atomic E-state index is 13.3. The number of carbonyl (C=O) groups is 2. The zero-order chi connectivity index (χ0) is 21.8. The van der Waals surface area contributed by atoms with E-state index in [0.29, 0.717) is 29.5 Å². The van der Waals surface area contributed by atoms with E-state index in [1.807, 2.05) is 6.07 Å². The minimum Gasteiger partial charge on any atom is -0.381 e. The number of hydrogen-bond acceptors (Lipinski definition) is 5. The molecule has 0 spiro atoms. The number of amides is 2. The average Bonchev–Trinajstić information content (AvgIpc) is 2.91. The fourth-order valence-corrected chi connectivity index (χ4v) is 4.77. The van der Waals surface area contributed by atoms with Crippen LogP contribution in [0.4, 0.5) is 10.1 Å². The average molecular weight is 444 g/mol. The topological polar surface area (TPSA) is 84.7 Å². The predicted octanol–water partition coefficient (Wildman–Crippen LogP) is 2.95. The molecule has 2 heterocycles. The fraction of sp³-hybridized carbons (Fsp3) is 0.391. The smallest absolute Gasteiger partial charge is 0.251 e. The molecule has 2 aromatic rings. The van der Waals surface area contributed by atoms with E-state index in [0.717, 1.165) is 36.5 Å². The number of rotatable bonds is 5. The molecular formula is C23H26FN3O3S. The van der Waals surface area contributed by atoms with Crippen LogP contribution in [0.25, 0.3) is 0 Å². The van der Waals surface area contributed by atoms with Gasteiger partial charge in [-0.2, -0.15) is 0 Å². The molecule has 0 bridgehead atoms. The standard InChI is InChI=1S/C23H26FN3O3S/c24-18-4-1-16(2-5-18)13-27-20-11-17(3-6-21(20)31-14-19(25)23(27)29)22(28)26-12-15-7-9-30-10-8-15/h1-6,11,15,19H,7-10,12-14,25H2,(H,26,28)/t19-/m0/s1. The Balaban J connectivity index is 1.56. The minimum absolute atomic E-state index is 0.165. The molecule has 0 radical (unpaired) electrons. The molecule has 2 aromatic carbocycles. The van der Waals surface area contributed by atoms with Crippen molar-refractivity contribution in [1.82, 2.24) is 5.32 Å². The Morgan fingerprint density at radius 3 is 2.68 bits per heavy atom. The van der Waals surface area contributed by atoms with Gasteiger partial charge < -0.3 is 20.7 Å². The third kappa shape index (κ3) is 5.26. The first-order valence-corrected chi connectivity index (χ1v) is 11.4. The fourth-order valence-electron chi connectivity index (χ4n) is 3.79. The van der Waals surface area contributed by atoms with Crippen molar-refractivity contribution < 1.29 is 18.7 Å². The van der Waals surface area contributed by atoms with Crippen LogP contribution in [0.2, 0.25) is 0 Å². The van der Waals surface area contributed by atoms with Gasteiger partial charge in [0.15, 0.2) is 0 Å². The van der Waals surface area contributed by atoms with Crippen molar-refractivity contribution in [2.45, 2.75) is 30.3 Å². The molecule has 1 fully saturated rings. The van der Waals surface area contributed by atoms with Gasteiger partial charge in [-0.25, -0.2) is 4.39 Å². The number of nitrogens with zero attached hydrogens (tertiary/aromatic N) is 1. The van der Waals surface area contributed by atoms with Crippen LogP contribution in [-0.2, 0) is 16.1 Å². The Bertz CT molecular complexity index is 948. The van der Waals surface area contributed by atoms with Crippen LogP contribution in [0.5, 0.6) is 0 Å². The summed E-state index contributed by atoms with van der Waals surface area (Å²) in [5, 5.41) is 3.01. The molecule has 6 nitrogen and oxygen atoms in total. The van der Waals surface area contributed by atoms with E-state index in [1.165, 1.54) is 23.9 Å². The van der Waals surface area contributed by atoms with Crippen LogP contribution in [-0.4, -0.2) is 43.4 Å². The van der Waals surface area contributed by atoms with Gasteiger partial charge in [0.1, 0.15) is 5.82 Å². The van der Waals surface area contributed by atoms with Gasteiger partial charge in [-0.15, -0.1) is 11.8 Å². The lowest BCUT2D eigenvalue weighted by Crippen LogP contribution is -2.44. The van der Waals surface area contributed by atoms with Gasteiger partial charge in [-0.3, -0.25) is 9.59 Å².